The Balaban J connectivity index is 1.99. The van der Waals surface area contributed by atoms with Gasteiger partial charge in [-0.15, -0.1) is 11.3 Å². The fourth-order valence-electron chi connectivity index (χ4n) is 2.03. The molecule has 2 aromatic heterocycles. The third kappa shape index (κ3) is 3.94. The van der Waals surface area contributed by atoms with Gasteiger partial charge in [0, 0.05) is 16.6 Å². The molecule has 0 bridgehead atoms. The molecule has 0 aliphatic rings. The maximum absolute atomic E-state index is 12.6. The Morgan fingerprint density at radius 3 is 3.04 bits per heavy atom. The van der Waals surface area contributed by atoms with Crippen molar-refractivity contribution in [2.45, 2.75) is 6.54 Å². The van der Waals surface area contributed by atoms with E-state index in [1.54, 1.807) is 23.7 Å². The lowest BCUT2D eigenvalue weighted by Gasteiger charge is -2.05. The van der Waals surface area contributed by atoms with Crippen LogP contribution < -0.4 is 9.54 Å². The van der Waals surface area contributed by atoms with Crippen molar-refractivity contribution in [3.05, 3.63) is 60.2 Å². The highest BCUT2D eigenvalue weighted by Gasteiger charge is 2.13. The normalized spacial score (nSPS) is 11.7. The number of halogens is 2. The third-order valence-electron chi connectivity index (χ3n) is 3.10. The van der Waals surface area contributed by atoms with Crippen molar-refractivity contribution >= 4 is 56.1 Å². The van der Waals surface area contributed by atoms with E-state index in [1.807, 2.05) is 16.1 Å². The van der Waals surface area contributed by atoms with E-state index < -0.39 is 5.91 Å². The van der Waals surface area contributed by atoms with Gasteiger partial charge >= 0.3 is 0 Å². The number of nitrogens with zero attached hydrogens (tertiary/aromatic N) is 3. The van der Waals surface area contributed by atoms with Gasteiger partial charge in [-0.3, -0.25) is 4.79 Å². The molecule has 2 heterocycles. The first-order valence-corrected chi connectivity index (χ1v) is 9.65. The number of ether oxygens (including phenoxy) is 1. The summed E-state index contributed by atoms with van der Waals surface area (Å²) >= 11 is 12.3. The number of benzene rings is 1. The molecule has 0 N–H and O–H groups in total. The highest BCUT2D eigenvalue weighted by Crippen LogP contribution is 2.23. The molecule has 24 heavy (non-hydrogen) atoms. The molecule has 9 heteroatoms. The standard InChI is InChI=1S/C15H11BrClN3O2S2/c1-22-12-3-2-9(17)4-11(12)14(21)19-15-20(6-13(16)24-15)5-10-7-23-8-18-10/h2-4,6-8H,5H2,1H3/b19-15-. The van der Waals surface area contributed by atoms with E-state index in [0.29, 0.717) is 27.7 Å². The second-order valence-electron chi connectivity index (χ2n) is 4.69. The Hall–Kier alpha value is -1.48. The molecule has 1 aromatic carbocycles. The van der Waals surface area contributed by atoms with Gasteiger partial charge in [-0.1, -0.05) is 22.9 Å². The van der Waals surface area contributed by atoms with E-state index >= 15 is 0 Å². The number of hydrogen-bond donors (Lipinski definition) is 0. The van der Waals surface area contributed by atoms with Gasteiger partial charge in [-0.2, -0.15) is 4.99 Å². The van der Waals surface area contributed by atoms with Gasteiger partial charge in [0.05, 0.1) is 34.2 Å². The summed E-state index contributed by atoms with van der Waals surface area (Å²) in [6, 6.07) is 4.87. The zero-order chi connectivity index (χ0) is 17.1. The molecular weight excluding hydrogens is 434 g/mol. The molecule has 0 saturated carbocycles. The summed E-state index contributed by atoms with van der Waals surface area (Å²) in [5.74, 6) is 0.0329. The summed E-state index contributed by atoms with van der Waals surface area (Å²) in [5.41, 5.74) is 3.02. The molecule has 5 nitrogen and oxygen atoms in total. The molecule has 0 aliphatic carbocycles. The second-order valence-corrected chi connectivity index (χ2v) is 8.23. The van der Waals surface area contributed by atoms with Crippen LogP contribution in [0.1, 0.15) is 16.1 Å². The molecule has 3 aromatic rings. The van der Waals surface area contributed by atoms with Crippen LogP contribution in [0.3, 0.4) is 0 Å². The molecule has 0 saturated heterocycles. The highest BCUT2D eigenvalue weighted by molar-refractivity contribution is 9.11. The molecule has 0 fully saturated rings. The third-order valence-corrected chi connectivity index (χ3v) is 5.47. The summed E-state index contributed by atoms with van der Waals surface area (Å²) in [6.45, 7) is 0.546. The Morgan fingerprint density at radius 2 is 2.33 bits per heavy atom. The van der Waals surface area contributed by atoms with Gasteiger partial charge < -0.3 is 9.30 Å². The van der Waals surface area contributed by atoms with Crippen molar-refractivity contribution in [2.24, 2.45) is 4.99 Å². The first kappa shape index (κ1) is 17.3. The van der Waals surface area contributed by atoms with Crippen molar-refractivity contribution in [3.63, 3.8) is 0 Å². The smallest absolute Gasteiger partial charge is 0.283 e. The number of hydrogen-bond acceptors (Lipinski definition) is 5. The van der Waals surface area contributed by atoms with Crippen LogP contribution in [0, 0.1) is 0 Å². The van der Waals surface area contributed by atoms with Gasteiger partial charge in [-0.05, 0) is 34.1 Å². The minimum absolute atomic E-state index is 0.328. The fourth-order valence-corrected chi connectivity index (χ4v) is 4.16. The lowest BCUT2D eigenvalue weighted by molar-refractivity contribution is 0.0995. The topological polar surface area (TPSA) is 56.5 Å². The number of carbonyl (C=O) groups excluding carboxylic acids is 1. The lowest BCUT2D eigenvalue weighted by atomic mass is 10.2. The Kier molecular flexibility index (Phi) is 5.50. The van der Waals surface area contributed by atoms with Crippen molar-refractivity contribution in [1.29, 1.82) is 0 Å². The minimum atomic E-state index is -0.407. The fraction of sp³-hybridized carbons (Fsp3) is 0.133. The Bertz CT molecular complexity index is 935. The monoisotopic (exact) mass is 443 g/mol. The predicted octanol–water partition coefficient (Wildman–Crippen LogP) is 4.22. The molecule has 3 rings (SSSR count). The van der Waals surface area contributed by atoms with Gasteiger partial charge in [0.25, 0.3) is 5.91 Å². The maximum Gasteiger partial charge on any atom is 0.283 e. The zero-order valence-corrected chi connectivity index (χ0v) is 16.4. The number of carbonyl (C=O) groups is 1. The first-order valence-electron chi connectivity index (χ1n) is 6.72. The van der Waals surface area contributed by atoms with Crippen molar-refractivity contribution in [2.75, 3.05) is 7.11 Å². The van der Waals surface area contributed by atoms with Crippen LogP contribution in [-0.4, -0.2) is 22.6 Å². The number of methoxy groups -OCH3 is 1. The number of thiazole rings is 2. The molecular formula is C15H11BrClN3O2S2. The Morgan fingerprint density at radius 1 is 1.50 bits per heavy atom. The average molecular weight is 445 g/mol. The number of amides is 1. The van der Waals surface area contributed by atoms with Crippen LogP contribution in [0.2, 0.25) is 5.02 Å². The van der Waals surface area contributed by atoms with E-state index in [9.17, 15) is 4.79 Å². The summed E-state index contributed by atoms with van der Waals surface area (Å²) in [7, 11) is 1.50. The number of rotatable bonds is 4. The van der Waals surface area contributed by atoms with Crippen LogP contribution >= 0.6 is 50.2 Å². The largest absolute Gasteiger partial charge is 0.496 e. The molecule has 0 unspecified atom stereocenters. The summed E-state index contributed by atoms with van der Waals surface area (Å²) < 4.78 is 7.97. The van der Waals surface area contributed by atoms with Gasteiger partial charge in [0.2, 0.25) is 0 Å². The summed E-state index contributed by atoms with van der Waals surface area (Å²) in [4.78, 5) is 21.6. The number of aromatic nitrogens is 2. The SMILES string of the molecule is COc1ccc(Cl)cc1C(=O)/N=c1\sc(Br)cn1Cc1cscn1. The van der Waals surface area contributed by atoms with Gasteiger partial charge in [0.15, 0.2) is 4.80 Å². The predicted molar refractivity (Wildman–Crippen MR) is 99.1 cm³/mol. The Labute approximate surface area is 159 Å². The molecule has 0 radical (unpaired) electrons. The lowest BCUT2D eigenvalue weighted by Crippen LogP contribution is -2.17. The second kappa shape index (κ2) is 7.60. The quantitative estimate of drug-likeness (QED) is 0.605. The molecule has 124 valence electrons. The summed E-state index contributed by atoms with van der Waals surface area (Å²) in [6.07, 6.45) is 1.88. The molecule has 0 atom stereocenters. The first-order chi connectivity index (χ1) is 11.6. The average Bonchev–Trinajstić information content (AvgIpc) is 3.18. The van der Waals surface area contributed by atoms with Crippen LogP contribution in [-0.2, 0) is 6.54 Å². The zero-order valence-electron chi connectivity index (χ0n) is 12.4. The minimum Gasteiger partial charge on any atom is -0.496 e. The van der Waals surface area contributed by atoms with E-state index in [4.69, 9.17) is 16.3 Å². The molecule has 1 amide bonds. The van der Waals surface area contributed by atoms with Crippen LogP contribution in [0.4, 0.5) is 0 Å². The van der Waals surface area contributed by atoms with Gasteiger partial charge in [-0.25, -0.2) is 4.98 Å². The van der Waals surface area contributed by atoms with Gasteiger partial charge in [0.1, 0.15) is 5.75 Å². The molecule has 0 aliphatic heterocycles. The summed E-state index contributed by atoms with van der Waals surface area (Å²) in [5, 5.41) is 2.42. The maximum atomic E-state index is 12.6. The van der Waals surface area contributed by atoms with Crippen molar-refractivity contribution < 1.29 is 9.53 Å². The van der Waals surface area contributed by atoms with E-state index in [0.717, 1.165) is 9.48 Å². The van der Waals surface area contributed by atoms with Crippen molar-refractivity contribution in [3.8, 4) is 5.75 Å². The van der Waals surface area contributed by atoms with Crippen LogP contribution in [0.15, 0.2) is 44.1 Å². The van der Waals surface area contributed by atoms with E-state index in [2.05, 4.69) is 25.9 Å². The van der Waals surface area contributed by atoms with E-state index in [1.165, 1.54) is 29.8 Å². The van der Waals surface area contributed by atoms with Crippen LogP contribution in [0.5, 0.6) is 5.75 Å². The van der Waals surface area contributed by atoms with Crippen LogP contribution in [0.25, 0.3) is 0 Å². The highest BCUT2D eigenvalue weighted by atomic mass is 79.9. The molecule has 0 spiro atoms. The van der Waals surface area contributed by atoms with Crippen molar-refractivity contribution in [1.82, 2.24) is 9.55 Å². The van der Waals surface area contributed by atoms with E-state index in [-0.39, 0.29) is 0 Å².